The van der Waals surface area contributed by atoms with Crippen molar-refractivity contribution in [3.63, 3.8) is 0 Å². The van der Waals surface area contributed by atoms with Crippen molar-refractivity contribution in [1.29, 1.82) is 0 Å². The Labute approximate surface area is 102 Å². The Bertz CT molecular complexity index is 300. The van der Waals surface area contributed by atoms with Crippen LogP contribution in [0, 0.1) is 5.92 Å². The highest BCUT2D eigenvalue weighted by molar-refractivity contribution is 5.88. The summed E-state index contributed by atoms with van der Waals surface area (Å²) in [5.74, 6) is -0.995. The molecule has 0 bridgehead atoms. The average Bonchev–Trinajstić information content (AvgIpc) is 2.14. The first-order valence-corrected chi connectivity index (χ1v) is 5.66. The molecule has 5 nitrogen and oxygen atoms in total. The lowest BCUT2D eigenvalue weighted by Gasteiger charge is -2.18. The van der Waals surface area contributed by atoms with Crippen LogP contribution >= 0.6 is 0 Å². The van der Waals surface area contributed by atoms with E-state index in [1.54, 1.807) is 6.92 Å². The maximum atomic E-state index is 11.6. The maximum Gasteiger partial charge on any atom is 0.249 e. The van der Waals surface area contributed by atoms with Crippen molar-refractivity contribution >= 4 is 11.8 Å². The van der Waals surface area contributed by atoms with Crippen LogP contribution in [0.15, 0.2) is 12.2 Å². The largest absolute Gasteiger partial charge is 0.383 e. The van der Waals surface area contributed by atoms with E-state index in [1.165, 1.54) is 0 Å². The van der Waals surface area contributed by atoms with Crippen LogP contribution in [0.5, 0.6) is 0 Å². The molecule has 5 heteroatoms. The van der Waals surface area contributed by atoms with Crippen molar-refractivity contribution in [3.05, 3.63) is 12.2 Å². The lowest BCUT2D eigenvalue weighted by molar-refractivity contribution is -0.133. The average molecular weight is 242 g/mol. The van der Waals surface area contributed by atoms with Crippen LogP contribution < -0.4 is 11.1 Å². The van der Waals surface area contributed by atoms with E-state index in [0.717, 1.165) is 5.57 Å². The van der Waals surface area contributed by atoms with E-state index < -0.39 is 24.0 Å². The SMILES string of the molecule is C=C(C)C[C@H](NC(=O)[C@H](O)CC(C)C)C(N)=O. The molecule has 0 fully saturated rings. The minimum absolute atomic E-state index is 0.198. The van der Waals surface area contributed by atoms with Gasteiger partial charge in [0.05, 0.1) is 0 Å². The van der Waals surface area contributed by atoms with E-state index in [4.69, 9.17) is 5.73 Å². The molecule has 0 heterocycles. The summed E-state index contributed by atoms with van der Waals surface area (Å²) in [5.41, 5.74) is 5.90. The van der Waals surface area contributed by atoms with Gasteiger partial charge >= 0.3 is 0 Å². The molecule has 0 aromatic rings. The summed E-state index contributed by atoms with van der Waals surface area (Å²) in [6.07, 6.45) is -0.471. The second kappa shape index (κ2) is 7.06. The molecule has 2 amide bonds. The molecule has 0 aliphatic heterocycles. The third-order valence-corrected chi connectivity index (χ3v) is 2.21. The van der Waals surface area contributed by atoms with Gasteiger partial charge in [-0.25, -0.2) is 0 Å². The van der Waals surface area contributed by atoms with Crippen LogP contribution in [0.2, 0.25) is 0 Å². The summed E-state index contributed by atoms with van der Waals surface area (Å²) >= 11 is 0. The second-order valence-corrected chi connectivity index (χ2v) is 4.77. The zero-order valence-corrected chi connectivity index (χ0v) is 10.7. The van der Waals surface area contributed by atoms with Gasteiger partial charge in [0.25, 0.3) is 0 Å². The number of nitrogens with one attached hydrogen (secondary N) is 1. The summed E-state index contributed by atoms with van der Waals surface area (Å²) < 4.78 is 0. The molecule has 2 atom stereocenters. The Morgan fingerprint density at radius 2 is 1.94 bits per heavy atom. The zero-order valence-electron chi connectivity index (χ0n) is 10.7. The van der Waals surface area contributed by atoms with Gasteiger partial charge in [0.15, 0.2) is 0 Å². The lowest BCUT2D eigenvalue weighted by Crippen LogP contribution is -2.48. The van der Waals surface area contributed by atoms with E-state index in [-0.39, 0.29) is 12.3 Å². The van der Waals surface area contributed by atoms with Crippen molar-refractivity contribution in [3.8, 4) is 0 Å². The van der Waals surface area contributed by atoms with Crippen molar-refractivity contribution in [2.45, 2.75) is 45.8 Å². The van der Waals surface area contributed by atoms with Crippen molar-refractivity contribution in [1.82, 2.24) is 5.32 Å². The third kappa shape index (κ3) is 6.73. The number of rotatable bonds is 7. The molecule has 0 aliphatic carbocycles. The van der Waals surface area contributed by atoms with Crippen LogP contribution in [0.4, 0.5) is 0 Å². The predicted octanol–water partition coefficient (Wildman–Crippen LogP) is 0.330. The summed E-state index contributed by atoms with van der Waals surface area (Å²) in [6, 6.07) is -0.804. The highest BCUT2D eigenvalue weighted by Gasteiger charge is 2.23. The van der Waals surface area contributed by atoms with Gasteiger partial charge in [0.1, 0.15) is 12.1 Å². The van der Waals surface area contributed by atoms with E-state index in [1.807, 2.05) is 13.8 Å². The molecule has 0 aliphatic rings. The predicted molar refractivity (Wildman–Crippen MR) is 66.0 cm³/mol. The van der Waals surface area contributed by atoms with Crippen molar-refractivity contribution < 1.29 is 14.7 Å². The highest BCUT2D eigenvalue weighted by Crippen LogP contribution is 2.06. The smallest absolute Gasteiger partial charge is 0.249 e. The van der Waals surface area contributed by atoms with E-state index in [9.17, 15) is 14.7 Å². The first-order chi connectivity index (χ1) is 7.73. The van der Waals surface area contributed by atoms with Gasteiger partial charge < -0.3 is 16.2 Å². The number of hydrogen-bond acceptors (Lipinski definition) is 3. The number of hydrogen-bond donors (Lipinski definition) is 3. The summed E-state index contributed by atoms with van der Waals surface area (Å²) in [5, 5.41) is 12.0. The molecule has 0 saturated carbocycles. The van der Waals surface area contributed by atoms with Crippen LogP contribution in [0.1, 0.15) is 33.6 Å². The van der Waals surface area contributed by atoms with E-state index in [0.29, 0.717) is 6.42 Å². The normalized spacial score (nSPS) is 14.2. The fraction of sp³-hybridized carbons (Fsp3) is 0.667. The van der Waals surface area contributed by atoms with Crippen LogP contribution in [0.3, 0.4) is 0 Å². The Morgan fingerprint density at radius 1 is 1.41 bits per heavy atom. The molecular formula is C12H22N2O3. The molecular weight excluding hydrogens is 220 g/mol. The van der Waals surface area contributed by atoms with Gasteiger partial charge in [-0.05, 0) is 25.7 Å². The molecule has 0 saturated heterocycles. The molecule has 0 unspecified atom stereocenters. The number of carbonyl (C=O) groups is 2. The molecule has 0 aromatic heterocycles. The van der Waals surface area contributed by atoms with Crippen molar-refractivity contribution in [2.24, 2.45) is 11.7 Å². The number of aliphatic hydroxyl groups excluding tert-OH is 1. The first kappa shape index (κ1) is 15.6. The minimum Gasteiger partial charge on any atom is -0.383 e. The topological polar surface area (TPSA) is 92.4 Å². The summed E-state index contributed by atoms with van der Waals surface area (Å²) in [6.45, 7) is 9.20. The molecule has 0 radical (unpaired) electrons. The monoisotopic (exact) mass is 242 g/mol. The van der Waals surface area contributed by atoms with E-state index >= 15 is 0 Å². The third-order valence-electron chi connectivity index (χ3n) is 2.21. The fourth-order valence-electron chi connectivity index (χ4n) is 1.39. The Morgan fingerprint density at radius 3 is 2.29 bits per heavy atom. The van der Waals surface area contributed by atoms with Gasteiger partial charge in [-0.3, -0.25) is 9.59 Å². The lowest BCUT2D eigenvalue weighted by atomic mass is 10.0. The first-order valence-electron chi connectivity index (χ1n) is 5.66. The molecule has 0 spiro atoms. The zero-order chi connectivity index (χ0) is 13.6. The van der Waals surface area contributed by atoms with Crippen molar-refractivity contribution in [2.75, 3.05) is 0 Å². The van der Waals surface area contributed by atoms with Crippen LogP contribution in [-0.2, 0) is 9.59 Å². The molecule has 98 valence electrons. The van der Waals surface area contributed by atoms with Gasteiger partial charge in [-0.15, -0.1) is 6.58 Å². The number of aliphatic hydroxyl groups is 1. The molecule has 4 N–H and O–H groups in total. The van der Waals surface area contributed by atoms with Crippen LogP contribution in [0.25, 0.3) is 0 Å². The summed E-state index contributed by atoms with van der Waals surface area (Å²) in [4.78, 5) is 22.7. The number of amides is 2. The number of nitrogens with two attached hydrogens (primary N) is 1. The maximum absolute atomic E-state index is 11.6. The Balaban J connectivity index is 4.39. The van der Waals surface area contributed by atoms with Gasteiger partial charge in [0, 0.05) is 0 Å². The fourth-order valence-corrected chi connectivity index (χ4v) is 1.39. The minimum atomic E-state index is -1.11. The standard InChI is InChI=1S/C12H22N2O3/c1-7(2)5-9(11(13)16)14-12(17)10(15)6-8(3)4/h8-10,15H,1,5-6H2,2-4H3,(H2,13,16)(H,14,17)/t9-,10+/m0/s1. The van der Waals surface area contributed by atoms with Gasteiger partial charge in [-0.1, -0.05) is 19.4 Å². The van der Waals surface area contributed by atoms with Gasteiger partial charge in [0.2, 0.25) is 11.8 Å². The second-order valence-electron chi connectivity index (χ2n) is 4.77. The molecule has 17 heavy (non-hydrogen) atoms. The van der Waals surface area contributed by atoms with E-state index in [2.05, 4.69) is 11.9 Å². The van der Waals surface area contributed by atoms with Crippen LogP contribution in [-0.4, -0.2) is 29.1 Å². The quantitative estimate of drug-likeness (QED) is 0.562. The summed E-state index contributed by atoms with van der Waals surface area (Å²) in [7, 11) is 0. The number of primary amides is 1. The van der Waals surface area contributed by atoms with Gasteiger partial charge in [-0.2, -0.15) is 0 Å². The highest BCUT2D eigenvalue weighted by atomic mass is 16.3. The number of carbonyl (C=O) groups excluding carboxylic acids is 2. The molecule has 0 aromatic carbocycles. The Kier molecular flexibility index (Phi) is 6.50. The Hall–Kier alpha value is -1.36. The molecule has 0 rings (SSSR count).